The van der Waals surface area contributed by atoms with Crippen molar-refractivity contribution in [2.45, 2.75) is 102 Å². The van der Waals surface area contributed by atoms with Crippen molar-refractivity contribution >= 4 is 14.3 Å². The van der Waals surface area contributed by atoms with Gasteiger partial charge < -0.3 is 28.5 Å². The maximum atomic E-state index is 12.2. The van der Waals surface area contributed by atoms with Crippen LogP contribution in [-0.4, -0.2) is 50.4 Å². The molecule has 4 aromatic rings. The Morgan fingerprint density at radius 2 is 1.41 bits per heavy atom. The SMILES string of the molecule is C=CC[C@H]1O[C@@H](c2ccc(O[Si](C)(C)C(C)(C)C)cc2)O[C@@]1(/C=C/[C@H](O)[C@@H](/C=C\C(=O)OCC)CC)CCOC(c1ccccc1)(c1ccccc1)c1ccccc1. The minimum absolute atomic E-state index is 0.0599. The molecule has 0 amide bonds. The van der Waals surface area contributed by atoms with Crippen molar-refractivity contribution in [2.75, 3.05) is 13.2 Å². The van der Waals surface area contributed by atoms with Crippen molar-refractivity contribution in [3.8, 4) is 5.75 Å². The number of carbonyl (C=O) groups is 1. The molecule has 0 radical (unpaired) electrons. The summed E-state index contributed by atoms with van der Waals surface area (Å²) < 4.78 is 32.8. The summed E-state index contributed by atoms with van der Waals surface area (Å²) in [5, 5.41) is 11.6. The van der Waals surface area contributed by atoms with Crippen molar-refractivity contribution < 1.29 is 33.3 Å². The fraction of sp³-hybridized carbons (Fsp3) is 0.380. The smallest absolute Gasteiger partial charge is 0.330 e. The Labute approximate surface area is 347 Å². The van der Waals surface area contributed by atoms with E-state index in [0.717, 1.165) is 28.0 Å². The monoisotopic (exact) mass is 802 g/mol. The second kappa shape index (κ2) is 19.9. The molecule has 1 fully saturated rings. The number of carbonyl (C=O) groups excluding carboxylic acids is 1. The number of hydrogen-bond acceptors (Lipinski definition) is 7. The fourth-order valence-corrected chi connectivity index (χ4v) is 8.16. The van der Waals surface area contributed by atoms with Gasteiger partial charge in [-0.05, 0) is 66.7 Å². The molecule has 1 aliphatic heterocycles. The average molecular weight is 803 g/mol. The van der Waals surface area contributed by atoms with Gasteiger partial charge in [-0.25, -0.2) is 4.79 Å². The first kappa shape index (κ1) is 44.5. The van der Waals surface area contributed by atoms with Crippen LogP contribution in [0.3, 0.4) is 0 Å². The lowest BCUT2D eigenvalue weighted by atomic mass is 9.80. The van der Waals surface area contributed by atoms with Gasteiger partial charge in [0, 0.05) is 24.0 Å². The number of benzene rings is 4. The molecule has 0 bridgehead atoms. The van der Waals surface area contributed by atoms with Crippen LogP contribution in [0, 0.1) is 5.92 Å². The summed E-state index contributed by atoms with van der Waals surface area (Å²) in [5.74, 6) is 0.0473. The second-order valence-corrected chi connectivity index (χ2v) is 21.1. The zero-order valence-electron chi connectivity index (χ0n) is 35.3. The first-order valence-electron chi connectivity index (χ1n) is 20.5. The topological polar surface area (TPSA) is 83.5 Å². The van der Waals surface area contributed by atoms with E-state index in [1.54, 1.807) is 19.1 Å². The Kier molecular flexibility index (Phi) is 15.3. The number of hydrogen-bond donors (Lipinski definition) is 1. The predicted octanol–water partition coefficient (Wildman–Crippen LogP) is 11.3. The lowest BCUT2D eigenvalue weighted by molar-refractivity contribution is -0.137. The summed E-state index contributed by atoms with van der Waals surface area (Å²) in [6, 6.07) is 38.8. The molecule has 1 saturated heterocycles. The predicted molar refractivity (Wildman–Crippen MR) is 235 cm³/mol. The Bertz CT molecular complexity index is 1840. The summed E-state index contributed by atoms with van der Waals surface area (Å²) in [4.78, 5) is 12.2. The molecule has 0 spiro atoms. The van der Waals surface area contributed by atoms with Gasteiger partial charge in [-0.2, -0.15) is 0 Å². The molecule has 5 rings (SSSR count). The highest BCUT2D eigenvalue weighted by atomic mass is 28.4. The number of aliphatic hydroxyl groups excluding tert-OH is 1. The van der Waals surface area contributed by atoms with Crippen molar-refractivity contribution in [1.82, 2.24) is 0 Å². The maximum Gasteiger partial charge on any atom is 0.330 e. The molecule has 0 saturated carbocycles. The van der Waals surface area contributed by atoms with E-state index in [2.05, 4.69) is 76.8 Å². The second-order valence-electron chi connectivity index (χ2n) is 16.4. The van der Waals surface area contributed by atoms with Gasteiger partial charge in [0.25, 0.3) is 0 Å². The maximum absolute atomic E-state index is 12.2. The zero-order chi connectivity index (χ0) is 41.8. The van der Waals surface area contributed by atoms with E-state index in [-0.39, 0.29) is 24.2 Å². The third kappa shape index (κ3) is 10.5. The van der Waals surface area contributed by atoms with E-state index >= 15 is 0 Å². The highest BCUT2D eigenvalue weighted by molar-refractivity contribution is 6.74. The Balaban J connectivity index is 1.53. The third-order valence-corrected chi connectivity index (χ3v) is 15.8. The highest BCUT2D eigenvalue weighted by Crippen LogP contribution is 2.46. The van der Waals surface area contributed by atoms with Crippen LogP contribution in [-0.2, 0) is 29.3 Å². The molecule has 0 aromatic heterocycles. The number of rotatable bonds is 19. The summed E-state index contributed by atoms with van der Waals surface area (Å²) in [6.07, 6.45) is 8.04. The molecule has 1 N–H and O–H groups in total. The van der Waals surface area contributed by atoms with E-state index < -0.39 is 44.0 Å². The standard InChI is InChI=1S/C50H62O7Si/c1-9-21-45-49(35-34-44(51)38(10-2)30-33-46(52)53-11-3,56-47(55-45)39-28-31-43(32-29-39)57-58(7,8)48(4,5)6)36-37-54-50(40-22-15-12-16-23-40,41-24-17-13-18-25-41)42-26-19-14-20-27-42/h9,12-20,22-35,38,44-45,47,51H,1,10-11,21,36-37H2,2-8H3/b33-30-,35-34+/t38-,44+,45-,47-,49+/m1/s1. The molecule has 1 aliphatic rings. The van der Waals surface area contributed by atoms with Crippen LogP contribution >= 0.6 is 0 Å². The summed E-state index contributed by atoms with van der Waals surface area (Å²) in [7, 11) is -2.05. The van der Waals surface area contributed by atoms with Gasteiger partial charge in [-0.1, -0.05) is 155 Å². The summed E-state index contributed by atoms with van der Waals surface area (Å²) in [6.45, 7) is 19.5. The van der Waals surface area contributed by atoms with E-state index in [1.165, 1.54) is 6.08 Å². The van der Waals surface area contributed by atoms with Gasteiger partial charge in [0.2, 0.25) is 8.32 Å². The number of aliphatic hydroxyl groups is 1. The van der Waals surface area contributed by atoms with Crippen LogP contribution < -0.4 is 4.43 Å². The molecule has 0 unspecified atom stereocenters. The fourth-order valence-electron chi connectivity index (χ4n) is 7.13. The van der Waals surface area contributed by atoms with E-state index in [1.807, 2.05) is 97.9 Å². The van der Waals surface area contributed by atoms with Crippen LogP contribution in [0.5, 0.6) is 5.75 Å². The normalized spacial score (nSPS) is 19.9. The minimum Gasteiger partial charge on any atom is -0.544 e. The van der Waals surface area contributed by atoms with E-state index in [4.69, 9.17) is 23.4 Å². The summed E-state index contributed by atoms with van der Waals surface area (Å²) >= 11 is 0. The van der Waals surface area contributed by atoms with Gasteiger partial charge in [0.15, 0.2) is 6.29 Å². The first-order valence-corrected chi connectivity index (χ1v) is 23.5. The largest absolute Gasteiger partial charge is 0.544 e. The molecular formula is C50H62O7Si. The third-order valence-electron chi connectivity index (χ3n) is 11.5. The lowest BCUT2D eigenvalue weighted by Gasteiger charge is -2.37. The van der Waals surface area contributed by atoms with Crippen LogP contribution in [0.15, 0.2) is 152 Å². The minimum atomic E-state index is -2.05. The summed E-state index contributed by atoms with van der Waals surface area (Å²) in [5.41, 5.74) is 1.87. The first-order chi connectivity index (χ1) is 27.8. The van der Waals surface area contributed by atoms with Gasteiger partial charge in [-0.3, -0.25) is 0 Å². The molecule has 1 heterocycles. The van der Waals surface area contributed by atoms with Crippen molar-refractivity contribution in [1.29, 1.82) is 0 Å². The van der Waals surface area contributed by atoms with Gasteiger partial charge in [0.1, 0.15) is 17.0 Å². The quantitative estimate of drug-likeness (QED) is 0.0332. The van der Waals surface area contributed by atoms with Crippen LogP contribution in [0.4, 0.5) is 0 Å². The number of esters is 1. The van der Waals surface area contributed by atoms with Crippen molar-refractivity contribution in [3.05, 3.63) is 174 Å². The van der Waals surface area contributed by atoms with E-state index in [0.29, 0.717) is 19.3 Å². The van der Waals surface area contributed by atoms with Crippen LogP contribution in [0.1, 0.15) is 82.4 Å². The molecule has 5 atom stereocenters. The molecule has 4 aromatic carbocycles. The molecular weight excluding hydrogens is 741 g/mol. The van der Waals surface area contributed by atoms with Crippen LogP contribution in [0.25, 0.3) is 0 Å². The van der Waals surface area contributed by atoms with Gasteiger partial charge in [0.05, 0.1) is 25.4 Å². The average Bonchev–Trinajstić information content (AvgIpc) is 3.57. The molecule has 58 heavy (non-hydrogen) atoms. The van der Waals surface area contributed by atoms with Gasteiger partial charge in [-0.15, -0.1) is 6.58 Å². The van der Waals surface area contributed by atoms with Crippen LogP contribution in [0.2, 0.25) is 18.1 Å². The zero-order valence-corrected chi connectivity index (χ0v) is 36.3. The van der Waals surface area contributed by atoms with Crippen molar-refractivity contribution in [3.63, 3.8) is 0 Å². The van der Waals surface area contributed by atoms with Gasteiger partial charge >= 0.3 is 5.97 Å². The Morgan fingerprint density at radius 1 is 0.862 bits per heavy atom. The van der Waals surface area contributed by atoms with E-state index in [9.17, 15) is 9.90 Å². The molecule has 0 aliphatic carbocycles. The molecule has 308 valence electrons. The van der Waals surface area contributed by atoms with Crippen molar-refractivity contribution in [2.24, 2.45) is 5.92 Å². The molecule has 7 nitrogen and oxygen atoms in total. The highest BCUT2D eigenvalue weighted by Gasteiger charge is 2.49. The lowest BCUT2D eigenvalue weighted by Crippen LogP contribution is -2.43. The molecule has 8 heteroatoms. The Hall–Kier alpha value is -4.57. The Morgan fingerprint density at radius 3 is 1.90 bits per heavy atom. The number of ether oxygens (including phenoxy) is 4.